The first-order valence-electron chi connectivity index (χ1n) is 8.89. The van der Waals surface area contributed by atoms with Crippen LogP contribution in [0.1, 0.15) is 22.8 Å². The van der Waals surface area contributed by atoms with Crippen molar-refractivity contribution in [3.63, 3.8) is 0 Å². The number of carbonyl (C=O) groups is 1. The SMILES string of the molecule is CCN(Cc1ccccc1)C(=O)c1cncc(Nc2ccc(OC)cc2)c1. The maximum absolute atomic E-state index is 12.9. The van der Waals surface area contributed by atoms with Crippen LogP contribution in [-0.4, -0.2) is 29.4 Å². The molecule has 0 radical (unpaired) electrons. The Hall–Kier alpha value is -3.34. The maximum Gasteiger partial charge on any atom is 0.255 e. The van der Waals surface area contributed by atoms with Crippen LogP contribution in [0.4, 0.5) is 11.4 Å². The van der Waals surface area contributed by atoms with Crippen molar-refractivity contribution in [2.45, 2.75) is 13.5 Å². The molecule has 0 saturated heterocycles. The predicted octanol–water partition coefficient (Wildman–Crippen LogP) is 4.50. The lowest BCUT2D eigenvalue weighted by Gasteiger charge is -2.21. The highest BCUT2D eigenvalue weighted by Gasteiger charge is 2.15. The van der Waals surface area contributed by atoms with Gasteiger partial charge in [0.05, 0.1) is 24.6 Å². The van der Waals surface area contributed by atoms with Gasteiger partial charge in [0.15, 0.2) is 0 Å². The van der Waals surface area contributed by atoms with Gasteiger partial charge in [-0.15, -0.1) is 0 Å². The molecule has 27 heavy (non-hydrogen) atoms. The zero-order valence-corrected chi connectivity index (χ0v) is 15.6. The Labute approximate surface area is 159 Å². The van der Waals surface area contributed by atoms with Crippen molar-refractivity contribution in [2.75, 3.05) is 19.0 Å². The Morgan fingerprint density at radius 3 is 2.44 bits per heavy atom. The molecule has 0 aliphatic heterocycles. The molecule has 0 spiro atoms. The first-order valence-corrected chi connectivity index (χ1v) is 8.89. The molecular weight excluding hydrogens is 338 g/mol. The summed E-state index contributed by atoms with van der Waals surface area (Å²) in [6, 6.07) is 19.4. The van der Waals surface area contributed by atoms with Crippen LogP contribution in [0.25, 0.3) is 0 Å². The van der Waals surface area contributed by atoms with Crippen molar-refractivity contribution >= 4 is 17.3 Å². The summed E-state index contributed by atoms with van der Waals surface area (Å²) in [6.45, 7) is 3.18. The van der Waals surface area contributed by atoms with E-state index in [1.165, 1.54) is 0 Å². The second-order valence-corrected chi connectivity index (χ2v) is 6.12. The summed E-state index contributed by atoms with van der Waals surface area (Å²) in [4.78, 5) is 18.9. The first kappa shape index (κ1) is 18.5. The molecule has 138 valence electrons. The highest BCUT2D eigenvalue weighted by molar-refractivity contribution is 5.94. The molecule has 0 aliphatic rings. The molecule has 2 aromatic carbocycles. The van der Waals surface area contributed by atoms with Crippen molar-refractivity contribution in [3.8, 4) is 5.75 Å². The van der Waals surface area contributed by atoms with Gasteiger partial charge >= 0.3 is 0 Å². The Kier molecular flexibility index (Phi) is 6.05. The molecule has 0 bridgehead atoms. The van der Waals surface area contributed by atoms with Crippen LogP contribution < -0.4 is 10.1 Å². The van der Waals surface area contributed by atoms with Crippen LogP contribution in [0.3, 0.4) is 0 Å². The summed E-state index contributed by atoms with van der Waals surface area (Å²) in [6.07, 6.45) is 3.31. The molecule has 5 nitrogen and oxygen atoms in total. The van der Waals surface area contributed by atoms with E-state index in [4.69, 9.17) is 4.74 Å². The van der Waals surface area contributed by atoms with Gasteiger partial charge < -0.3 is 15.0 Å². The second kappa shape index (κ2) is 8.85. The van der Waals surface area contributed by atoms with Crippen LogP contribution in [0.2, 0.25) is 0 Å². The van der Waals surface area contributed by atoms with Crippen molar-refractivity contribution in [1.29, 1.82) is 0 Å². The normalized spacial score (nSPS) is 10.3. The van der Waals surface area contributed by atoms with E-state index in [0.29, 0.717) is 18.7 Å². The van der Waals surface area contributed by atoms with Gasteiger partial charge in [-0.25, -0.2) is 0 Å². The minimum Gasteiger partial charge on any atom is -0.497 e. The number of anilines is 2. The summed E-state index contributed by atoms with van der Waals surface area (Å²) >= 11 is 0. The molecule has 0 aliphatic carbocycles. The van der Waals surface area contributed by atoms with Crippen LogP contribution in [0, 0.1) is 0 Å². The van der Waals surface area contributed by atoms with Crippen LogP contribution in [-0.2, 0) is 6.54 Å². The van der Waals surface area contributed by atoms with Gasteiger partial charge in [-0.05, 0) is 42.8 Å². The monoisotopic (exact) mass is 361 g/mol. The number of nitrogens with one attached hydrogen (secondary N) is 1. The number of pyridine rings is 1. The predicted molar refractivity (Wildman–Crippen MR) is 107 cm³/mol. The van der Waals surface area contributed by atoms with Gasteiger partial charge in [0.25, 0.3) is 5.91 Å². The molecule has 0 unspecified atom stereocenters. The quantitative estimate of drug-likeness (QED) is 0.673. The standard InChI is InChI=1S/C22H23N3O2/c1-3-25(16-17-7-5-4-6-8-17)22(26)18-13-20(15-23-14-18)24-19-9-11-21(27-2)12-10-19/h4-15,24H,3,16H2,1-2H3. The topological polar surface area (TPSA) is 54.5 Å². The number of aromatic nitrogens is 1. The maximum atomic E-state index is 12.9. The van der Waals surface area contributed by atoms with E-state index < -0.39 is 0 Å². The zero-order valence-electron chi connectivity index (χ0n) is 15.6. The number of carbonyl (C=O) groups excluding carboxylic acids is 1. The highest BCUT2D eigenvalue weighted by atomic mass is 16.5. The second-order valence-electron chi connectivity index (χ2n) is 6.12. The van der Waals surface area contributed by atoms with E-state index in [2.05, 4.69) is 10.3 Å². The molecule has 1 aromatic heterocycles. The fourth-order valence-corrected chi connectivity index (χ4v) is 2.78. The Balaban J connectivity index is 1.73. The van der Waals surface area contributed by atoms with Crippen molar-refractivity contribution in [2.24, 2.45) is 0 Å². The third kappa shape index (κ3) is 4.85. The molecular formula is C22H23N3O2. The van der Waals surface area contributed by atoms with E-state index >= 15 is 0 Å². The van der Waals surface area contributed by atoms with Crippen molar-refractivity contribution < 1.29 is 9.53 Å². The summed E-state index contributed by atoms with van der Waals surface area (Å²) in [5.41, 5.74) is 3.33. The molecule has 3 rings (SSSR count). The van der Waals surface area contributed by atoms with Gasteiger partial charge in [-0.3, -0.25) is 9.78 Å². The fourth-order valence-electron chi connectivity index (χ4n) is 2.78. The lowest BCUT2D eigenvalue weighted by molar-refractivity contribution is 0.0752. The van der Waals surface area contributed by atoms with Crippen LogP contribution >= 0.6 is 0 Å². The van der Waals surface area contributed by atoms with Gasteiger partial charge in [0, 0.05) is 25.0 Å². The van der Waals surface area contributed by atoms with Gasteiger partial charge in [-0.2, -0.15) is 0 Å². The van der Waals surface area contributed by atoms with E-state index in [1.54, 1.807) is 19.5 Å². The molecule has 3 aromatic rings. The smallest absolute Gasteiger partial charge is 0.255 e. The Bertz CT molecular complexity index is 880. The highest BCUT2D eigenvalue weighted by Crippen LogP contribution is 2.20. The average Bonchev–Trinajstić information content (AvgIpc) is 2.73. The van der Waals surface area contributed by atoms with Gasteiger partial charge in [-0.1, -0.05) is 30.3 Å². The number of hydrogen-bond donors (Lipinski definition) is 1. The number of nitrogens with zero attached hydrogens (tertiary/aromatic N) is 2. The molecule has 0 atom stereocenters. The summed E-state index contributed by atoms with van der Waals surface area (Å²) in [5, 5.41) is 3.27. The van der Waals surface area contributed by atoms with E-state index in [9.17, 15) is 4.79 Å². The number of benzene rings is 2. The van der Waals surface area contributed by atoms with Crippen molar-refractivity contribution in [1.82, 2.24) is 9.88 Å². The number of amides is 1. The first-order chi connectivity index (χ1) is 13.2. The molecule has 1 N–H and O–H groups in total. The fraction of sp³-hybridized carbons (Fsp3) is 0.182. The lowest BCUT2D eigenvalue weighted by atomic mass is 10.2. The van der Waals surface area contributed by atoms with E-state index in [0.717, 1.165) is 22.7 Å². The Morgan fingerprint density at radius 1 is 1.04 bits per heavy atom. The number of ether oxygens (including phenoxy) is 1. The van der Waals surface area contributed by atoms with Crippen LogP contribution in [0.5, 0.6) is 5.75 Å². The number of hydrogen-bond acceptors (Lipinski definition) is 4. The lowest BCUT2D eigenvalue weighted by Crippen LogP contribution is -2.30. The number of rotatable bonds is 7. The minimum atomic E-state index is -0.0350. The van der Waals surface area contributed by atoms with Gasteiger partial charge in [0.1, 0.15) is 5.75 Å². The summed E-state index contributed by atoms with van der Waals surface area (Å²) in [5.74, 6) is 0.759. The molecule has 1 amide bonds. The zero-order chi connectivity index (χ0) is 19.1. The molecule has 1 heterocycles. The van der Waals surface area contributed by atoms with Crippen molar-refractivity contribution in [3.05, 3.63) is 84.2 Å². The third-order valence-electron chi connectivity index (χ3n) is 4.25. The summed E-state index contributed by atoms with van der Waals surface area (Å²) < 4.78 is 5.17. The molecule has 0 saturated carbocycles. The average molecular weight is 361 g/mol. The summed E-state index contributed by atoms with van der Waals surface area (Å²) in [7, 11) is 1.64. The number of methoxy groups -OCH3 is 1. The van der Waals surface area contributed by atoms with E-state index in [-0.39, 0.29) is 5.91 Å². The van der Waals surface area contributed by atoms with Gasteiger partial charge in [0.2, 0.25) is 0 Å². The third-order valence-corrected chi connectivity index (χ3v) is 4.25. The van der Waals surface area contributed by atoms with E-state index in [1.807, 2.05) is 72.5 Å². The minimum absolute atomic E-state index is 0.0350. The van der Waals surface area contributed by atoms with Crippen LogP contribution in [0.15, 0.2) is 73.1 Å². The molecule has 5 heteroatoms. The Morgan fingerprint density at radius 2 is 1.78 bits per heavy atom. The molecule has 0 fully saturated rings. The largest absolute Gasteiger partial charge is 0.497 e.